The van der Waals surface area contributed by atoms with Gasteiger partial charge < -0.3 is 11.1 Å². The zero-order valence-corrected chi connectivity index (χ0v) is 9.15. The highest BCUT2D eigenvalue weighted by atomic mass is 16.1. The predicted molar refractivity (Wildman–Crippen MR) is 63.8 cm³/mol. The van der Waals surface area contributed by atoms with Crippen molar-refractivity contribution in [3.05, 3.63) is 24.3 Å². The molecule has 0 saturated heterocycles. The summed E-state index contributed by atoms with van der Waals surface area (Å²) in [7, 11) is 0. The molecule has 16 heavy (non-hydrogen) atoms. The van der Waals surface area contributed by atoms with Gasteiger partial charge in [0, 0.05) is 17.3 Å². The molecule has 0 aliphatic heterocycles. The summed E-state index contributed by atoms with van der Waals surface area (Å²) in [6.07, 6.45) is 3.53. The maximum atomic E-state index is 11.9. The summed E-state index contributed by atoms with van der Waals surface area (Å²) < 4.78 is 0. The molecule has 1 amide bonds. The summed E-state index contributed by atoms with van der Waals surface area (Å²) >= 11 is 0. The Kier molecular flexibility index (Phi) is 2.13. The monoisotopic (exact) mass is 216 g/mol. The number of rotatable bonds is 2. The van der Waals surface area contributed by atoms with Crippen molar-refractivity contribution in [1.29, 1.82) is 0 Å². The van der Waals surface area contributed by atoms with E-state index >= 15 is 0 Å². The third kappa shape index (κ3) is 1.77. The molecule has 0 radical (unpaired) electrons. The molecule has 0 heterocycles. The molecule has 2 atom stereocenters. The zero-order valence-electron chi connectivity index (χ0n) is 9.15. The lowest BCUT2D eigenvalue weighted by molar-refractivity contribution is -0.120. The van der Waals surface area contributed by atoms with Gasteiger partial charge in [-0.1, -0.05) is 0 Å². The Morgan fingerprint density at radius 2 is 1.75 bits per heavy atom. The molecule has 0 spiro atoms. The molecule has 1 aromatic rings. The van der Waals surface area contributed by atoms with Crippen LogP contribution in [0.2, 0.25) is 0 Å². The SMILES string of the molecule is Nc1ccc(NC(=O)C2CC3CC3C2)cc1. The number of hydrogen-bond acceptors (Lipinski definition) is 2. The van der Waals surface area contributed by atoms with Crippen LogP contribution in [0.15, 0.2) is 24.3 Å². The Labute approximate surface area is 95.0 Å². The van der Waals surface area contributed by atoms with Gasteiger partial charge in [0.1, 0.15) is 0 Å². The normalized spacial score (nSPS) is 30.9. The van der Waals surface area contributed by atoms with Crippen molar-refractivity contribution in [1.82, 2.24) is 0 Å². The maximum absolute atomic E-state index is 11.9. The minimum atomic E-state index is 0.178. The highest BCUT2D eigenvalue weighted by Crippen LogP contribution is 2.54. The fraction of sp³-hybridized carbons (Fsp3) is 0.462. The fourth-order valence-electron chi connectivity index (χ4n) is 2.74. The Morgan fingerprint density at radius 1 is 1.12 bits per heavy atom. The Bertz CT molecular complexity index is 402. The average molecular weight is 216 g/mol. The number of fused-ring (bicyclic) bond motifs is 1. The number of carbonyl (C=O) groups is 1. The second-order valence-electron chi connectivity index (χ2n) is 5.04. The smallest absolute Gasteiger partial charge is 0.227 e. The molecule has 2 fully saturated rings. The molecule has 3 rings (SSSR count). The van der Waals surface area contributed by atoms with E-state index in [2.05, 4.69) is 5.32 Å². The first-order valence-electron chi connectivity index (χ1n) is 5.89. The molecule has 3 N–H and O–H groups in total. The molecule has 2 aliphatic carbocycles. The van der Waals surface area contributed by atoms with E-state index < -0.39 is 0 Å². The number of nitrogen functional groups attached to an aromatic ring is 1. The standard InChI is InChI=1S/C13H16N2O/c14-11-1-3-12(4-2-11)15-13(16)10-6-8-5-9(8)7-10/h1-4,8-10H,5-7,14H2,(H,15,16). The first-order valence-corrected chi connectivity index (χ1v) is 5.89. The van der Waals surface area contributed by atoms with Crippen molar-refractivity contribution in [2.24, 2.45) is 17.8 Å². The third-order valence-corrected chi connectivity index (χ3v) is 3.79. The molecule has 84 valence electrons. The summed E-state index contributed by atoms with van der Waals surface area (Å²) in [5.74, 6) is 2.11. The zero-order chi connectivity index (χ0) is 11.1. The van der Waals surface area contributed by atoms with Gasteiger partial charge >= 0.3 is 0 Å². The van der Waals surface area contributed by atoms with Crippen LogP contribution in [-0.4, -0.2) is 5.91 Å². The van der Waals surface area contributed by atoms with Crippen LogP contribution in [-0.2, 0) is 4.79 Å². The second-order valence-corrected chi connectivity index (χ2v) is 5.04. The van der Waals surface area contributed by atoms with E-state index in [0.29, 0.717) is 0 Å². The summed E-state index contributed by atoms with van der Waals surface area (Å²) in [4.78, 5) is 11.9. The molecular weight excluding hydrogens is 200 g/mol. The highest BCUT2D eigenvalue weighted by molar-refractivity contribution is 5.93. The lowest BCUT2D eigenvalue weighted by atomic mass is 10.0. The van der Waals surface area contributed by atoms with Crippen LogP contribution in [0.1, 0.15) is 19.3 Å². The van der Waals surface area contributed by atoms with E-state index in [1.807, 2.05) is 24.3 Å². The molecule has 2 unspecified atom stereocenters. The van der Waals surface area contributed by atoms with E-state index in [0.717, 1.165) is 36.1 Å². The summed E-state index contributed by atoms with van der Waals surface area (Å²) in [6.45, 7) is 0. The van der Waals surface area contributed by atoms with Crippen LogP contribution in [0, 0.1) is 17.8 Å². The Morgan fingerprint density at radius 3 is 2.38 bits per heavy atom. The number of nitrogens with two attached hydrogens (primary N) is 1. The molecule has 0 aromatic heterocycles. The van der Waals surface area contributed by atoms with Gasteiger partial charge in [-0.25, -0.2) is 0 Å². The van der Waals surface area contributed by atoms with Gasteiger partial charge in [0.25, 0.3) is 0 Å². The third-order valence-electron chi connectivity index (χ3n) is 3.79. The van der Waals surface area contributed by atoms with Crippen molar-refractivity contribution in [2.75, 3.05) is 11.1 Å². The van der Waals surface area contributed by atoms with Crippen LogP contribution >= 0.6 is 0 Å². The van der Waals surface area contributed by atoms with Crippen molar-refractivity contribution >= 4 is 17.3 Å². The van der Waals surface area contributed by atoms with Crippen LogP contribution in [0.3, 0.4) is 0 Å². The van der Waals surface area contributed by atoms with Crippen molar-refractivity contribution in [3.8, 4) is 0 Å². The maximum Gasteiger partial charge on any atom is 0.227 e. The summed E-state index contributed by atoms with van der Waals surface area (Å²) in [5, 5.41) is 2.96. The van der Waals surface area contributed by atoms with Crippen LogP contribution in [0.25, 0.3) is 0 Å². The van der Waals surface area contributed by atoms with Crippen molar-refractivity contribution in [3.63, 3.8) is 0 Å². The quantitative estimate of drug-likeness (QED) is 0.745. The lowest BCUT2D eigenvalue weighted by Crippen LogP contribution is -2.21. The number of hydrogen-bond donors (Lipinski definition) is 2. The number of benzene rings is 1. The number of amides is 1. The van der Waals surface area contributed by atoms with Gasteiger partial charge in [-0.2, -0.15) is 0 Å². The largest absolute Gasteiger partial charge is 0.399 e. The molecule has 2 aliphatic rings. The molecule has 3 heteroatoms. The topological polar surface area (TPSA) is 55.1 Å². The molecule has 3 nitrogen and oxygen atoms in total. The minimum absolute atomic E-state index is 0.178. The molecule has 2 saturated carbocycles. The molecule has 0 bridgehead atoms. The van der Waals surface area contributed by atoms with Gasteiger partial charge in [0.2, 0.25) is 5.91 Å². The van der Waals surface area contributed by atoms with E-state index in [9.17, 15) is 4.79 Å². The van der Waals surface area contributed by atoms with Gasteiger partial charge in [-0.15, -0.1) is 0 Å². The number of anilines is 2. The highest BCUT2D eigenvalue weighted by Gasteiger charge is 2.47. The van der Waals surface area contributed by atoms with Crippen molar-refractivity contribution in [2.45, 2.75) is 19.3 Å². The van der Waals surface area contributed by atoms with Crippen LogP contribution in [0.5, 0.6) is 0 Å². The average Bonchev–Trinajstić information content (AvgIpc) is 2.89. The fourth-order valence-corrected chi connectivity index (χ4v) is 2.74. The van der Waals surface area contributed by atoms with E-state index in [4.69, 9.17) is 5.73 Å². The number of carbonyl (C=O) groups excluding carboxylic acids is 1. The lowest BCUT2D eigenvalue weighted by Gasteiger charge is -2.12. The second kappa shape index (κ2) is 3.51. The van der Waals surface area contributed by atoms with E-state index in [-0.39, 0.29) is 11.8 Å². The Hall–Kier alpha value is -1.51. The predicted octanol–water partition coefficient (Wildman–Crippen LogP) is 2.25. The van der Waals surface area contributed by atoms with Crippen LogP contribution < -0.4 is 11.1 Å². The van der Waals surface area contributed by atoms with Gasteiger partial charge in [-0.3, -0.25) is 4.79 Å². The van der Waals surface area contributed by atoms with Crippen molar-refractivity contribution < 1.29 is 4.79 Å². The van der Waals surface area contributed by atoms with Gasteiger partial charge in [-0.05, 0) is 55.4 Å². The van der Waals surface area contributed by atoms with E-state index in [1.165, 1.54) is 6.42 Å². The van der Waals surface area contributed by atoms with Gasteiger partial charge in [0.05, 0.1) is 0 Å². The summed E-state index contributed by atoms with van der Waals surface area (Å²) in [6, 6.07) is 7.31. The molecular formula is C13H16N2O. The Balaban J connectivity index is 1.61. The van der Waals surface area contributed by atoms with Crippen LogP contribution in [0.4, 0.5) is 11.4 Å². The van der Waals surface area contributed by atoms with E-state index in [1.54, 1.807) is 0 Å². The number of nitrogens with one attached hydrogen (secondary N) is 1. The first-order chi connectivity index (χ1) is 7.72. The minimum Gasteiger partial charge on any atom is -0.399 e. The van der Waals surface area contributed by atoms with Gasteiger partial charge in [0.15, 0.2) is 0 Å². The molecule has 1 aromatic carbocycles. The summed E-state index contributed by atoms with van der Waals surface area (Å²) in [5.41, 5.74) is 7.16. The first kappa shape index (κ1) is 9.70.